The molecular formula is C46H29NS. The van der Waals surface area contributed by atoms with Crippen LogP contribution in [0.4, 0.5) is 0 Å². The molecule has 2 heteroatoms. The molecule has 9 aromatic rings. The van der Waals surface area contributed by atoms with Gasteiger partial charge in [-0.3, -0.25) is 0 Å². The minimum absolute atomic E-state index is 1.17. The van der Waals surface area contributed by atoms with Gasteiger partial charge in [-0.15, -0.1) is 0 Å². The second-order valence-corrected chi connectivity index (χ2v) is 13.6. The molecule has 48 heavy (non-hydrogen) atoms. The van der Waals surface area contributed by atoms with E-state index in [4.69, 9.17) is 0 Å². The Hall–Kier alpha value is -5.83. The van der Waals surface area contributed by atoms with E-state index >= 15 is 0 Å². The number of hydrogen-bond acceptors (Lipinski definition) is 1. The van der Waals surface area contributed by atoms with E-state index < -0.39 is 0 Å². The van der Waals surface area contributed by atoms with Crippen LogP contribution in [0.15, 0.2) is 186 Å². The highest BCUT2D eigenvalue weighted by molar-refractivity contribution is 7.99. The van der Waals surface area contributed by atoms with Crippen LogP contribution in [-0.2, 0) is 0 Å². The lowest BCUT2D eigenvalue weighted by molar-refractivity contribution is 1.18. The van der Waals surface area contributed by atoms with E-state index in [1.165, 1.54) is 92.6 Å². The van der Waals surface area contributed by atoms with E-state index in [2.05, 4.69) is 180 Å². The zero-order chi connectivity index (χ0) is 31.6. The van der Waals surface area contributed by atoms with Crippen LogP contribution in [0, 0.1) is 0 Å². The predicted molar refractivity (Wildman–Crippen MR) is 204 cm³/mol. The molecule has 1 aliphatic heterocycles. The molecule has 0 bridgehead atoms. The molecule has 8 aromatic carbocycles. The van der Waals surface area contributed by atoms with Crippen LogP contribution in [0.1, 0.15) is 0 Å². The third-order valence-electron chi connectivity index (χ3n) is 9.79. The zero-order valence-corrected chi connectivity index (χ0v) is 26.9. The Bertz CT molecular complexity index is 2690. The van der Waals surface area contributed by atoms with Crippen LogP contribution in [0.5, 0.6) is 0 Å². The Morgan fingerprint density at radius 1 is 0.354 bits per heavy atom. The number of nitrogens with zero attached hydrogens (tertiary/aromatic N) is 1. The molecular weight excluding hydrogens is 599 g/mol. The Kier molecular flexibility index (Phi) is 6.18. The molecule has 10 rings (SSSR count). The van der Waals surface area contributed by atoms with Crippen molar-refractivity contribution in [1.29, 1.82) is 0 Å². The summed E-state index contributed by atoms with van der Waals surface area (Å²) in [6.45, 7) is 0. The quantitative estimate of drug-likeness (QED) is 0.188. The van der Waals surface area contributed by atoms with Gasteiger partial charge in [-0.05, 0) is 86.8 Å². The van der Waals surface area contributed by atoms with E-state index in [9.17, 15) is 0 Å². The van der Waals surface area contributed by atoms with Crippen molar-refractivity contribution in [1.82, 2.24) is 4.57 Å². The average molecular weight is 628 g/mol. The van der Waals surface area contributed by atoms with Crippen molar-refractivity contribution in [3.05, 3.63) is 176 Å². The number of para-hydroxylation sites is 3. The summed E-state index contributed by atoms with van der Waals surface area (Å²) in [6.07, 6.45) is 0. The molecule has 0 saturated carbocycles. The molecule has 224 valence electrons. The molecule has 1 aliphatic rings. The molecule has 0 fully saturated rings. The van der Waals surface area contributed by atoms with Crippen molar-refractivity contribution < 1.29 is 0 Å². The number of aromatic nitrogens is 1. The molecule has 0 radical (unpaired) electrons. The summed E-state index contributed by atoms with van der Waals surface area (Å²) in [5, 5.41) is 5.20. The van der Waals surface area contributed by atoms with Gasteiger partial charge in [0.25, 0.3) is 0 Å². The van der Waals surface area contributed by atoms with Gasteiger partial charge in [0.05, 0.1) is 11.0 Å². The van der Waals surface area contributed by atoms with Gasteiger partial charge in [-0.25, -0.2) is 0 Å². The lowest BCUT2D eigenvalue weighted by atomic mass is 9.91. The van der Waals surface area contributed by atoms with E-state index in [-0.39, 0.29) is 0 Å². The standard InChI is InChI=1S/C46H29NS/c1-3-12-30(13-4-1)35-25-27-44-45-38(35)20-11-21-39(45)41-29-32(24-26-43(41)48-44)31-14-9-15-33(28-31)36-19-10-22-40-37-18-7-8-23-42(37)47(46(36)40)34-16-5-2-6-17-34/h1-29H. The smallest absolute Gasteiger partial charge is 0.0619 e. The lowest BCUT2D eigenvalue weighted by Crippen LogP contribution is -1.95. The van der Waals surface area contributed by atoms with Crippen molar-refractivity contribution in [2.24, 2.45) is 0 Å². The maximum Gasteiger partial charge on any atom is 0.0619 e. The van der Waals surface area contributed by atoms with Crippen molar-refractivity contribution in [2.75, 3.05) is 0 Å². The van der Waals surface area contributed by atoms with Crippen LogP contribution >= 0.6 is 11.8 Å². The van der Waals surface area contributed by atoms with E-state index in [1.807, 2.05) is 11.8 Å². The summed E-state index contributed by atoms with van der Waals surface area (Å²) in [5.41, 5.74) is 13.7. The van der Waals surface area contributed by atoms with Crippen molar-refractivity contribution in [3.8, 4) is 50.2 Å². The minimum atomic E-state index is 1.17. The normalized spacial score (nSPS) is 12.1. The van der Waals surface area contributed by atoms with Crippen LogP contribution in [0.2, 0.25) is 0 Å². The number of fused-ring (bicyclic) bond motifs is 5. The van der Waals surface area contributed by atoms with Gasteiger partial charge >= 0.3 is 0 Å². The summed E-state index contributed by atoms with van der Waals surface area (Å²) >= 11 is 1.88. The van der Waals surface area contributed by atoms with Crippen LogP contribution in [-0.4, -0.2) is 4.57 Å². The molecule has 0 saturated heterocycles. The Balaban J connectivity index is 1.13. The van der Waals surface area contributed by atoms with E-state index in [0.29, 0.717) is 0 Å². The molecule has 0 amide bonds. The first kappa shape index (κ1) is 27.3. The monoisotopic (exact) mass is 627 g/mol. The fraction of sp³-hybridized carbons (Fsp3) is 0. The van der Waals surface area contributed by atoms with Crippen molar-refractivity contribution >= 4 is 44.3 Å². The van der Waals surface area contributed by atoms with Crippen LogP contribution < -0.4 is 0 Å². The fourth-order valence-electron chi connectivity index (χ4n) is 7.64. The topological polar surface area (TPSA) is 4.93 Å². The molecule has 0 N–H and O–H groups in total. The second-order valence-electron chi connectivity index (χ2n) is 12.5. The summed E-state index contributed by atoms with van der Waals surface area (Å²) in [4.78, 5) is 2.63. The highest BCUT2D eigenvalue weighted by Crippen LogP contribution is 2.50. The maximum atomic E-state index is 2.42. The largest absolute Gasteiger partial charge is 0.309 e. The SMILES string of the molecule is c1ccc(-c2ccc3c4c(cccc24)-c2cc(-c4cccc(-c5cccc6c7ccccc7n(-c7ccccc7)c56)c4)ccc2S3)cc1. The number of benzene rings is 8. The third kappa shape index (κ3) is 4.20. The third-order valence-corrected chi connectivity index (χ3v) is 10.9. The number of hydrogen-bond donors (Lipinski definition) is 0. The summed E-state index contributed by atoms with van der Waals surface area (Å²) in [5.74, 6) is 0. The first-order valence-corrected chi connectivity index (χ1v) is 17.3. The molecule has 0 aliphatic carbocycles. The van der Waals surface area contributed by atoms with Crippen LogP contribution in [0.25, 0.3) is 82.8 Å². The number of rotatable bonds is 4. The Morgan fingerprint density at radius 3 is 1.88 bits per heavy atom. The first-order valence-electron chi connectivity index (χ1n) is 16.4. The van der Waals surface area contributed by atoms with Crippen molar-refractivity contribution in [2.45, 2.75) is 9.79 Å². The average Bonchev–Trinajstić information content (AvgIpc) is 3.50. The highest BCUT2D eigenvalue weighted by Gasteiger charge is 2.22. The summed E-state index contributed by atoms with van der Waals surface area (Å²) < 4.78 is 2.42. The Morgan fingerprint density at radius 2 is 1.00 bits per heavy atom. The molecule has 2 heterocycles. The van der Waals surface area contributed by atoms with Gasteiger partial charge in [-0.1, -0.05) is 145 Å². The Labute approximate surface area is 283 Å². The van der Waals surface area contributed by atoms with Gasteiger partial charge in [0.15, 0.2) is 0 Å². The van der Waals surface area contributed by atoms with Gasteiger partial charge in [0.2, 0.25) is 0 Å². The minimum Gasteiger partial charge on any atom is -0.309 e. The zero-order valence-electron chi connectivity index (χ0n) is 26.1. The van der Waals surface area contributed by atoms with E-state index in [1.54, 1.807) is 0 Å². The molecule has 1 aromatic heterocycles. The predicted octanol–water partition coefficient (Wildman–Crippen LogP) is 13.1. The van der Waals surface area contributed by atoms with E-state index in [0.717, 1.165) is 0 Å². The highest BCUT2D eigenvalue weighted by atomic mass is 32.2. The molecule has 0 spiro atoms. The van der Waals surface area contributed by atoms with Gasteiger partial charge < -0.3 is 4.57 Å². The van der Waals surface area contributed by atoms with Gasteiger partial charge in [-0.2, -0.15) is 0 Å². The first-order chi connectivity index (χ1) is 23.8. The maximum absolute atomic E-state index is 2.42. The molecule has 0 atom stereocenters. The molecule has 1 nitrogen and oxygen atoms in total. The summed E-state index contributed by atoms with van der Waals surface area (Å²) in [7, 11) is 0. The summed E-state index contributed by atoms with van der Waals surface area (Å²) in [6, 6.07) is 64.4. The van der Waals surface area contributed by atoms with Crippen LogP contribution in [0.3, 0.4) is 0 Å². The lowest BCUT2D eigenvalue weighted by Gasteiger charge is -2.22. The fourth-order valence-corrected chi connectivity index (χ4v) is 8.75. The van der Waals surface area contributed by atoms with Gasteiger partial charge in [0, 0.05) is 37.2 Å². The van der Waals surface area contributed by atoms with Crippen molar-refractivity contribution in [3.63, 3.8) is 0 Å². The van der Waals surface area contributed by atoms with Gasteiger partial charge in [0.1, 0.15) is 0 Å². The second kappa shape index (κ2) is 10.9. The molecule has 0 unspecified atom stereocenters.